The fourth-order valence-corrected chi connectivity index (χ4v) is 4.13. The monoisotopic (exact) mass is 372 g/mol. The van der Waals surface area contributed by atoms with Gasteiger partial charge in [0.25, 0.3) is 5.91 Å². The normalized spacial score (nSPS) is 18.4. The quantitative estimate of drug-likeness (QED) is 0.797. The topological polar surface area (TPSA) is 56.8 Å². The van der Waals surface area contributed by atoms with Gasteiger partial charge in [-0.05, 0) is 58.1 Å². The summed E-state index contributed by atoms with van der Waals surface area (Å²) >= 11 is 0. The van der Waals surface area contributed by atoms with E-state index in [-0.39, 0.29) is 11.8 Å². The average molecular weight is 373 g/mol. The van der Waals surface area contributed by atoms with Crippen molar-refractivity contribution in [2.75, 3.05) is 44.2 Å². The Kier molecular flexibility index (Phi) is 6.69. The zero-order valence-electron chi connectivity index (χ0n) is 16.7. The molecule has 148 valence electrons. The number of nitrogens with zero attached hydrogens (tertiary/aromatic N) is 4. The molecule has 2 saturated heterocycles. The van der Waals surface area contributed by atoms with Crippen LogP contribution >= 0.6 is 0 Å². The van der Waals surface area contributed by atoms with Gasteiger partial charge in [0.05, 0.1) is 5.56 Å². The molecule has 2 aliphatic rings. The summed E-state index contributed by atoms with van der Waals surface area (Å²) in [5.41, 5.74) is 0.631. The lowest BCUT2D eigenvalue weighted by Crippen LogP contribution is -2.45. The maximum atomic E-state index is 12.8. The Morgan fingerprint density at radius 2 is 1.67 bits per heavy atom. The minimum absolute atomic E-state index is 0.0254. The third-order valence-electron chi connectivity index (χ3n) is 5.88. The van der Waals surface area contributed by atoms with Gasteiger partial charge < -0.3 is 14.7 Å². The first kappa shape index (κ1) is 19.6. The number of hydrogen-bond donors (Lipinski definition) is 0. The van der Waals surface area contributed by atoms with Crippen LogP contribution in [-0.2, 0) is 4.79 Å². The van der Waals surface area contributed by atoms with Gasteiger partial charge in [0.2, 0.25) is 5.91 Å². The van der Waals surface area contributed by atoms with Crippen LogP contribution < -0.4 is 4.90 Å². The number of likely N-dealkylation sites (tertiary alicyclic amines) is 2. The number of amides is 2. The van der Waals surface area contributed by atoms with Crippen LogP contribution in [0.5, 0.6) is 0 Å². The van der Waals surface area contributed by atoms with Crippen molar-refractivity contribution in [1.29, 1.82) is 0 Å². The third kappa shape index (κ3) is 4.60. The van der Waals surface area contributed by atoms with E-state index < -0.39 is 0 Å². The zero-order valence-corrected chi connectivity index (χ0v) is 16.7. The predicted octanol–water partition coefficient (Wildman–Crippen LogP) is 2.79. The molecule has 0 radical (unpaired) electrons. The van der Waals surface area contributed by atoms with Gasteiger partial charge in [-0.2, -0.15) is 0 Å². The molecule has 0 aliphatic carbocycles. The van der Waals surface area contributed by atoms with Gasteiger partial charge in [-0.15, -0.1) is 0 Å². The second kappa shape index (κ2) is 9.20. The van der Waals surface area contributed by atoms with E-state index in [2.05, 4.69) is 23.7 Å². The Labute approximate surface area is 162 Å². The summed E-state index contributed by atoms with van der Waals surface area (Å²) in [5.74, 6) is 1.31. The van der Waals surface area contributed by atoms with Gasteiger partial charge in [0.15, 0.2) is 0 Å². The molecule has 3 rings (SSSR count). The molecule has 27 heavy (non-hydrogen) atoms. The smallest absolute Gasteiger partial charge is 0.255 e. The summed E-state index contributed by atoms with van der Waals surface area (Å²) in [4.78, 5) is 36.0. The van der Waals surface area contributed by atoms with Crippen LogP contribution in [0.25, 0.3) is 0 Å². The highest BCUT2D eigenvalue weighted by molar-refractivity contribution is 5.94. The number of piperidine rings is 2. The molecule has 1 aromatic heterocycles. The van der Waals surface area contributed by atoms with Gasteiger partial charge >= 0.3 is 0 Å². The standard InChI is InChI=1S/C21H32N4O2/c1-3-23(4-2)19-9-8-18(16-22-19)21(27)25-14-10-17(11-15-25)20(26)24-12-6-5-7-13-24/h8-9,16-17H,3-7,10-15H2,1-2H3. The van der Waals surface area contributed by atoms with Gasteiger partial charge in [-0.1, -0.05) is 0 Å². The van der Waals surface area contributed by atoms with E-state index in [0.29, 0.717) is 24.6 Å². The molecular formula is C21H32N4O2. The van der Waals surface area contributed by atoms with Crippen LogP contribution in [0.15, 0.2) is 18.3 Å². The van der Waals surface area contributed by atoms with E-state index in [0.717, 1.165) is 57.7 Å². The first-order valence-corrected chi connectivity index (χ1v) is 10.4. The largest absolute Gasteiger partial charge is 0.357 e. The fraction of sp³-hybridized carbons (Fsp3) is 0.667. The highest BCUT2D eigenvalue weighted by Crippen LogP contribution is 2.23. The number of carbonyl (C=O) groups is 2. The Morgan fingerprint density at radius 3 is 2.22 bits per heavy atom. The van der Waals surface area contributed by atoms with Crippen LogP contribution in [0.3, 0.4) is 0 Å². The molecule has 0 spiro atoms. The molecule has 2 aliphatic heterocycles. The van der Waals surface area contributed by atoms with E-state index in [1.54, 1.807) is 6.20 Å². The molecule has 0 N–H and O–H groups in total. The molecule has 3 heterocycles. The van der Waals surface area contributed by atoms with Crippen molar-refractivity contribution in [3.05, 3.63) is 23.9 Å². The van der Waals surface area contributed by atoms with E-state index in [1.165, 1.54) is 6.42 Å². The summed E-state index contributed by atoms with van der Waals surface area (Å²) < 4.78 is 0. The molecular weight excluding hydrogens is 340 g/mol. The molecule has 0 saturated carbocycles. The first-order valence-electron chi connectivity index (χ1n) is 10.4. The van der Waals surface area contributed by atoms with E-state index >= 15 is 0 Å². The van der Waals surface area contributed by atoms with E-state index in [4.69, 9.17) is 0 Å². The summed E-state index contributed by atoms with van der Waals surface area (Å²) in [7, 11) is 0. The molecule has 2 fully saturated rings. The lowest BCUT2D eigenvalue weighted by Gasteiger charge is -2.35. The Hall–Kier alpha value is -2.11. The number of hydrogen-bond acceptors (Lipinski definition) is 4. The highest BCUT2D eigenvalue weighted by Gasteiger charge is 2.31. The highest BCUT2D eigenvalue weighted by atomic mass is 16.2. The van der Waals surface area contributed by atoms with Crippen molar-refractivity contribution in [2.45, 2.75) is 46.0 Å². The van der Waals surface area contributed by atoms with Crippen molar-refractivity contribution < 1.29 is 9.59 Å². The zero-order chi connectivity index (χ0) is 19.2. The molecule has 1 aromatic rings. The van der Waals surface area contributed by atoms with Crippen molar-refractivity contribution in [1.82, 2.24) is 14.8 Å². The lowest BCUT2D eigenvalue weighted by atomic mass is 9.94. The summed E-state index contributed by atoms with van der Waals surface area (Å²) in [5, 5.41) is 0. The number of carbonyl (C=O) groups excluding carboxylic acids is 2. The molecule has 6 heteroatoms. The van der Waals surface area contributed by atoms with Crippen molar-refractivity contribution in [3.63, 3.8) is 0 Å². The van der Waals surface area contributed by atoms with Crippen LogP contribution in [-0.4, -0.2) is 65.9 Å². The lowest BCUT2D eigenvalue weighted by molar-refractivity contribution is -0.137. The maximum Gasteiger partial charge on any atom is 0.255 e. The van der Waals surface area contributed by atoms with Crippen LogP contribution in [0.1, 0.15) is 56.3 Å². The summed E-state index contributed by atoms with van der Waals surface area (Å²) in [6, 6.07) is 3.79. The van der Waals surface area contributed by atoms with E-state index in [1.807, 2.05) is 21.9 Å². The second-order valence-electron chi connectivity index (χ2n) is 7.53. The molecule has 0 aromatic carbocycles. The third-order valence-corrected chi connectivity index (χ3v) is 5.88. The Bertz CT molecular complexity index is 628. The number of anilines is 1. The van der Waals surface area contributed by atoms with Crippen LogP contribution in [0.4, 0.5) is 5.82 Å². The summed E-state index contributed by atoms with van der Waals surface area (Å²) in [6.07, 6.45) is 6.70. The van der Waals surface area contributed by atoms with Gasteiger partial charge in [-0.3, -0.25) is 9.59 Å². The van der Waals surface area contributed by atoms with Gasteiger partial charge in [0.1, 0.15) is 5.82 Å². The van der Waals surface area contributed by atoms with Crippen LogP contribution in [0, 0.1) is 5.92 Å². The Morgan fingerprint density at radius 1 is 1.00 bits per heavy atom. The molecule has 0 unspecified atom stereocenters. The fourth-order valence-electron chi connectivity index (χ4n) is 4.13. The van der Waals surface area contributed by atoms with Gasteiger partial charge in [-0.25, -0.2) is 4.98 Å². The van der Waals surface area contributed by atoms with Crippen LogP contribution in [0.2, 0.25) is 0 Å². The summed E-state index contributed by atoms with van der Waals surface area (Å²) in [6.45, 7) is 9.11. The number of pyridine rings is 1. The van der Waals surface area contributed by atoms with Crippen molar-refractivity contribution >= 4 is 17.6 Å². The number of aromatic nitrogens is 1. The molecule has 0 bridgehead atoms. The first-order chi connectivity index (χ1) is 13.1. The maximum absolute atomic E-state index is 12.8. The Balaban J connectivity index is 1.54. The SMILES string of the molecule is CCN(CC)c1ccc(C(=O)N2CCC(C(=O)N3CCCCC3)CC2)cn1. The van der Waals surface area contributed by atoms with Crippen molar-refractivity contribution in [3.8, 4) is 0 Å². The average Bonchev–Trinajstić information content (AvgIpc) is 2.75. The minimum Gasteiger partial charge on any atom is -0.357 e. The molecule has 6 nitrogen and oxygen atoms in total. The van der Waals surface area contributed by atoms with Gasteiger partial charge in [0, 0.05) is 51.4 Å². The molecule has 0 atom stereocenters. The van der Waals surface area contributed by atoms with E-state index in [9.17, 15) is 9.59 Å². The number of rotatable bonds is 5. The predicted molar refractivity (Wildman–Crippen MR) is 107 cm³/mol. The minimum atomic E-state index is 0.0254. The molecule has 2 amide bonds. The second-order valence-corrected chi connectivity index (χ2v) is 7.53. The van der Waals surface area contributed by atoms with Crippen molar-refractivity contribution in [2.24, 2.45) is 5.92 Å².